The Morgan fingerprint density at radius 1 is 1.16 bits per heavy atom. The summed E-state index contributed by atoms with van der Waals surface area (Å²) in [5, 5.41) is 15.8. The summed E-state index contributed by atoms with van der Waals surface area (Å²) < 4.78 is 43.9. The number of hydrogen-bond acceptors (Lipinski definition) is 8. The molecule has 1 fully saturated rings. The molecular weight excluding hydrogens is 521 g/mol. The number of halogens is 3. The highest BCUT2D eigenvalue weighted by Gasteiger charge is 2.31. The van der Waals surface area contributed by atoms with Crippen molar-refractivity contribution in [1.82, 2.24) is 24.8 Å². The van der Waals surface area contributed by atoms with Gasteiger partial charge in [0.2, 0.25) is 5.95 Å². The Morgan fingerprint density at radius 3 is 2.68 bits per heavy atom. The molecule has 4 aromatic rings. The topological polar surface area (TPSA) is 105 Å². The highest BCUT2D eigenvalue weighted by atomic mass is 32.1. The fourth-order valence-electron chi connectivity index (χ4n) is 4.53. The predicted molar refractivity (Wildman–Crippen MR) is 139 cm³/mol. The van der Waals surface area contributed by atoms with Crippen molar-refractivity contribution in [2.45, 2.75) is 19.2 Å². The number of nitrogens with zero attached hydrogens (tertiary/aromatic N) is 4. The van der Waals surface area contributed by atoms with E-state index in [0.29, 0.717) is 44.8 Å². The molecule has 2 aromatic heterocycles. The zero-order chi connectivity index (χ0) is 26.9. The van der Waals surface area contributed by atoms with Gasteiger partial charge in [-0.2, -0.15) is 0 Å². The van der Waals surface area contributed by atoms with Crippen LogP contribution in [-0.4, -0.2) is 69.6 Å². The Morgan fingerprint density at radius 2 is 1.95 bits per heavy atom. The first-order valence-corrected chi connectivity index (χ1v) is 13.0. The van der Waals surface area contributed by atoms with E-state index in [1.165, 1.54) is 29.5 Å². The van der Waals surface area contributed by atoms with E-state index in [-0.39, 0.29) is 18.3 Å². The zero-order valence-corrected chi connectivity index (χ0v) is 21.4. The summed E-state index contributed by atoms with van der Waals surface area (Å²) in [4.78, 5) is 24.0. The maximum absolute atomic E-state index is 12.7. The van der Waals surface area contributed by atoms with Gasteiger partial charge in [-0.1, -0.05) is 11.3 Å². The van der Waals surface area contributed by atoms with Gasteiger partial charge in [-0.3, -0.25) is 4.79 Å². The molecule has 0 spiro atoms. The van der Waals surface area contributed by atoms with E-state index in [4.69, 9.17) is 0 Å². The van der Waals surface area contributed by atoms with E-state index in [0.717, 1.165) is 38.0 Å². The number of fused-ring (bicyclic) bond motifs is 2. The van der Waals surface area contributed by atoms with E-state index < -0.39 is 6.36 Å². The molecule has 1 aliphatic rings. The number of piperidine rings is 1. The molecule has 1 aliphatic heterocycles. The van der Waals surface area contributed by atoms with Gasteiger partial charge < -0.3 is 29.9 Å². The van der Waals surface area contributed by atoms with Crippen LogP contribution >= 0.6 is 11.3 Å². The highest BCUT2D eigenvalue weighted by molar-refractivity contribution is 7.22. The summed E-state index contributed by atoms with van der Waals surface area (Å²) in [6, 6.07) is 9.27. The maximum atomic E-state index is 12.7. The van der Waals surface area contributed by atoms with Crippen molar-refractivity contribution >= 4 is 49.6 Å². The van der Waals surface area contributed by atoms with Gasteiger partial charge >= 0.3 is 6.36 Å². The smallest absolute Gasteiger partial charge is 0.406 e. The number of nitrogens with one attached hydrogen (secondary N) is 2. The van der Waals surface area contributed by atoms with Gasteiger partial charge in [-0.25, -0.2) is 9.97 Å². The number of amides is 1. The third-order valence-electron chi connectivity index (χ3n) is 6.63. The average molecular weight is 549 g/mol. The minimum atomic E-state index is -4.76. The number of rotatable bonds is 8. The third kappa shape index (κ3) is 6.00. The summed E-state index contributed by atoms with van der Waals surface area (Å²) in [6.07, 6.45) is -2.82. The van der Waals surface area contributed by atoms with Crippen molar-refractivity contribution in [1.29, 1.82) is 0 Å². The number of anilines is 2. The summed E-state index contributed by atoms with van der Waals surface area (Å²) in [6.45, 7) is 3.38. The summed E-state index contributed by atoms with van der Waals surface area (Å²) in [5.74, 6) is 0.376. The molecule has 1 amide bonds. The van der Waals surface area contributed by atoms with Crippen molar-refractivity contribution < 1.29 is 27.8 Å². The largest absolute Gasteiger partial charge is 0.573 e. The normalized spacial score (nSPS) is 15.3. The number of ether oxygens (including phenoxy) is 1. The first-order valence-electron chi connectivity index (χ1n) is 12.2. The van der Waals surface area contributed by atoms with Crippen molar-refractivity contribution in [2.24, 2.45) is 13.0 Å². The molecule has 0 radical (unpaired) electrons. The summed E-state index contributed by atoms with van der Waals surface area (Å²) >= 11 is 1.18. The van der Waals surface area contributed by atoms with Gasteiger partial charge in [0, 0.05) is 38.4 Å². The number of likely N-dealkylation sites (tertiary alicyclic amines) is 1. The monoisotopic (exact) mass is 548 g/mol. The lowest BCUT2D eigenvalue weighted by molar-refractivity contribution is -0.274. The Kier molecular flexibility index (Phi) is 7.41. The standard InChI is InChI=1S/C25H27F3N6O3S/c1-33-20-5-2-16(22(36)29-8-11-34-9-6-15(14-35)7-10-34)12-19(20)30-23(33)32-24-31-18-4-3-17(13-21(18)38-24)37-25(26,27)28/h2-5,12-13,15,35H,6-11,14H2,1H3,(H,29,36)(H,30,31,32). The second-order valence-electron chi connectivity index (χ2n) is 9.24. The Bertz CT molecular complexity index is 1450. The van der Waals surface area contributed by atoms with Crippen LogP contribution in [0.1, 0.15) is 23.2 Å². The number of aromatic nitrogens is 3. The zero-order valence-electron chi connectivity index (χ0n) is 20.6. The van der Waals surface area contributed by atoms with Gasteiger partial charge in [-0.05, 0) is 62.2 Å². The molecule has 3 N–H and O–H groups in total. The summed E-state index contributed by atoms with van der Waals surface area (Å²) in [7, 11) is 1.82. The van der Waals surface area contributed by atoms with Crippen LogP contribution in [0, 0.1) is 5.92 Å². The van der Waals surface area contributed by atoms with E-state index in [1.54, 1.807) is 12.1 Å². The second-order valence-corrected chi connectivity index (χ2v) is 10.3. The van der Waals surface area contributed by atoms with Crippen LogP contribution in [0.5, 0.6) is 5.75 Å². The highest BCUT2D eigenvalue weighted by Crippen LogP contribution is 2.33. The van der Waals surface area contributed by atoms with E-state index >= 15 is 0 Å². The average Bonchev–Trinajstić information content (AvgIpc) is 3.42. The van der Waals surface area contributed by atoms with Crippen molar-refractivity contribution in [2.75, 3.05) is 38.1 Å². The third-order valence-corrected chi connectivity index (χ3v) is 7.57. The molecular formula is C25H27F3N6O3S. The number of aliphatic hydroxyl groups excluding tert-OH is 1. The van der Waals surface area contributed by atoms with E-state index in [9.17, 15) is 23.1 Å². The molecule has 1 saturated heterocycles. The molecule has 3 heterocycles. The number of hydrogen-bond donors (Lipinski definition) is 3. The molecule has 13 heteroatoms. The van der Waals surface area contributed by atoms with Crippen LogP contribution in [0.2, 0.25) is 0 Å². The number of alkyl halides is 3. The van der Waals surface area contributed by atoms with Gasteiger partial charge in [0.25, 0.3) is 5.91 Å². The van der Waals surface area contributed by atoms with Crippen molar-refractivity contribution in [3.05, 3.63) is 42.0 Å². The van der Waals surface area contributed by atoms with Crippen LogP contribution < -0.4 is 15.4 Å². The number of benzene rings is 2. The molecule has 0 unspecified atom stereocenters. The quantitative estimate of drug-likeness (QED) is 0.302. The molecule has 9 nitrogen and oxygen atoms in total. The number of imidazole rings is 1. The minimum Gasteiger partial charge on any atom is -0.406 e. The van der Waals surface area contributed by atoms with Gasteiger partial charge in [-0.15, -0.1) is 13.2 Å². The lowest BCUT2D eigenvalue weighted by Gasteiger charge is -2.30. The summed E-state index contributed by atoms with van der Waals surface area (Å²) in [5.41, 5.74) is 2.45. The van der Waals surface area contributed by atoms with Crippen LogP contribution in [0.15, 0.2) is 36.4 Å². The number of thiazole rings is 1. The number of aryl methyl sites for hydroxylation is 1. The number of carbonyl (C=O) groups is 1. The Labute approximate surface area is 220 Å². The Hall–Kier alpha value is -3.42. The molecule has 0 bridgehead atoms. The first kappa shape index (κ1) is 26.2. The number of carbonyl (C=O) groups excluding carboxylic acids is 1. The lowest BCUT2D eigenvalue weighted by atomic mass is 9.98. The maximum Gasteiger partial charge on any atom is 0.573 e. The van der Waals surface area contributed by atoms with Crippen LogP contribution in [0.4, 0.5) is 24.3 Å². The SMILES string of the molecule is Cn1c(Nc2nc3ccc(OC(F)(F)F)cc3s2)nc2cc(C(=O)NCCN3CCC(CO)CC3)ccc21. The fraction of sp³-hybridized carbons (Fsp3) is 0.400. The second kappa shape index (κ2) is 10.8. The molecule has 0 aliphatic carbocycles. The number of aliphatic hydroxyl groups is 1. The van der Waals surface area contributed by atoms with E-state index in [1.807, 2.05) is 17.7 Å². The molecule has 202 valence electrons. The molecule has 2 aromatic carbocycles. The lowest BCUT2D eigenvalue weighted by Crippen LogP contribution is -2.40. The van der Waals surface area contributed by atoms with Gasteiger partial charge in [0.05, 0.1) is 21.3 Å². The van der Waals surface area contributed by atoms with Crippen LogP contribution in [0.25, 0.3) is 21.3 Å². The van der Waals surface area contributed by atoms with Gasteiger partial charge in [0.1, 0.15) is 5.75 Å². The molecule has 38 heavy (non-hydrogen) atoms. The van der Waals surface area contributed by atoms with Gasteiger partial charge in [0.15, 0.2) is 5.13 Å². The van der Waals surface area contributed by atoms with E-state index in [2.05, 4.69) is 30.2 Å². The fourth-order valence-corrected chi connectivity index (χ4v) is 5.41. The van der Waals surface area contributed by atoms with Crippen LogP contribution in [0.3, 0.4) is 0 Å². The first-order chi connectivity index (χ1) is 18.2. The molecule has 5 rings (SSSR count). The Balaban J connectivity index is 1.23. The van der Waals surface area contributed by atoms with Crippen LogP contribution in [-0.2, 0) is 7.05 Å². The van der Waals surface area contributed by atoms with Crippen molar-refractivity contribution in [3.63, 3.8) is 0 Å². The van der Waals surface area contributed by atoms with Crippen molar-refractivity contribution in [3.8, 4) is 5.75 Å². The minimum absolute atomic E-state index is 0.180. The predicted octanol–water partition coefficient (Wildman–Crippen LogP) is 4.26. The molecule has 0 atom stereocenters. The molecule has 0 saturated carbocycles.